The Kier molecular flexibility index (Phi) is 4.36. The second-order valence-electron chi connectivity index (χ2n) is 3.50. The lowest BCUT2D eigenvalue weighted by Gasteiger charge is -2.21. The van der Waals surface area contributed by atoms with Crippen molar-refractivity contribution in [3.05, 3.63) is 12.2 Å². The fraction of sp³-hybridized carbons (Fsp3) is 0.636. The Labute approximate surface area is 84.1 Å². The van der Waals surface area contributed by atoms with E-state index in [1.54, 1.807) is 0 Å². The number of hydrogen-bond acceptors (Lipinski definition) is 3. The van der Waals surface area contributed by atoms with Crippen LogP contribution in [0.1, 0.15) is 39.0 Å². The van der Waals surface area contributed by atoms with Gasteiger partial charge in [0.15, 0.2) is 5.92 Å². The van der Waals surface area contributed by atoms with Gasteiger partial charge in [0.1, 0.15) is 0 Å². The Balaban J connectivity index is 1.99. The fourth-order valence-corrected chi connectivity index (χ4v) is 1.47. The summed E-state index contributed by atoms with van der Waals surface area (Å²) in [7, 11) is 0. The number of hydrogen-bond donors (Lipinski definition) is 0. The molecule has 1 heterocycles. The van der Waals surface area contributed by atoms with E-state index >= 15 is 0 Å². The van der Waals surface area contributed by atoms with Gasteiger partial charge in [-0.3, -0.25) is 9.59 Å². The molecule has 14 heavy (non-hydrogen) atoms. The van der Waals surface area contributed by atoms with E-state index in [9.17, 15) is 9.59 Å². The van der Waals surface area contributed by atoms with Crippen LogP contribution >= 0.6 is 0 Å². The highest BCUT2D eigenvalue weighted by molar-refractivity contribution is 6.09. The number of carbonyl (C=O) groups is 2. The molecule has 0 aromatic carbocycles. The molecule has 78 valence electrons. The zero-order chi connectivity index (χ0) is 10.4. The third-order valence-electron chi connectivity index (χ3n) is 2.37. The summed E-state index contributed by atoms with van der Waals surface area (Å²) in [6.45, 7) is 2.00. The second kappa shape index (κ2) is 5.58. The SMILES string of the molecule is CC=CCCCCCC1C(=O)OC1=O. The summed E-state index contributed by atoms with van der Waals surface area (Å²) < 4.78 is 4.26. The van der Waals surface area contributed by atoms with Crippen LogP contribution in [-0.4, -0.2) is 11.9 Å². The fourth-order valence-electron chi connectivity index (χ4n) is 1.47. The Morgan fingerprint density at radius 1 is 1.21 bits per heavy atom. The molecule has 1 aliphatic heterocycles. The number of ether oxygens (including phenoxy) is 1. The van der Waals surface area contributed by atoms with Gasteiger partial charge in [0.2, 0.25) is 0 Å². The molecule has 0 aliphatic carbocycles. The number of carbonyl (C=O) groups excluding carboxylic acids is 2. The van der Waals surface area contributed by atoms with E-state index in [-0.39, 0.29) is 11.9 Å². The first-order valence-corrected chi connectivity index (χ1v) is 5.12. The molecule has 1 aliphatic rings. The highest BCUT2D eigenvalue weighted by Gasteiger charge is 2.40. The molecule has 1 saturated heterocycles. The van der Waals surface area contributed by atoms with Gasteiger partial charge in [-0.2, -0.15) is 0 Å². The molecule has 1 rings (SSSR count). The first-order valence-electron chi connectivity index (χ1n) is 5.12. The van der Waals surface area contributed by atoms with Gasteiger partial charge in [-0.1, -0.05) is 25.0 Å². The van der Waals surface area contributed by atoms with Crippen molar-refractivity contribution >= 4 is 11.9 Å². The second-order valence-corrected chi connectivity index (χ2v) is 3.50. The summed E-state index contributed by atoms with van der Waals surface area (Å²) in [5.41, 5.74) is 0. The Morgan fingerprint density at radius 2 is 1.93 bits per heavy atom. The maximum Gasteiger partial charge on any atom is 0.328 e. The van der Waals surface area contributed by atoms with E-state index in [2.05, 4.69) is 10.8 Å². The van der Waals surface area contributed by atoms with Crippen LogP contribution in [0, 0.1) is 5.92 Å². The summed E-state index contributed by atoms with van der Waals surface area (Å²) in [4.78, 5) is 21.5. The molecule has 0 aromatic rings. The van der Waals surface area contributed by atoms with E-state index in [0.717, 1.165) is 25.7 Å². The number of esters is 2. The van der Waals surface area contributed by atoms with Crippen molar-refractivity contribution < 1.29 is 14.3 Å². The van der Waals surface area contributed by atoms with Crippen molar-refractivity contribution in [1.82, 2.24) is 0 Å². The maximum atomic E-state index is 10.8. The van der Waals surface area contributed by atoms with E-state index < -0.39 is 5.92 Å². The number of cyclic esters (lactones) is 2. The van der Waals surface area contributed by atoms with Crippen molar-refractivity contribution in [1.29, 1.82) is 0 Å². The molecule has 0 N–H and O–H groups in total. The van der Waals surface area contributed by atoms with Crippen LogP contribution in [0.3, 0.4) is 0 Å². The van der Waals surface area contributed by atoms with Gasteiger partial charge < -0.3 is 4.74 Å². The Hall–Kier alpha value is -1.12. The van der Waals surface area contributed by atoms with Crippen molar-refractivity contribution in [3.63, 3.8) is 0 Å². The third kappa shape index (κ3) is 2.98. The standard InChI is InChI=1S/C11H16O3/c1-2-3-4-5-6-7-8-9-10(12)14-11(9)13/h2-3,9H,4-8H2,1H3. The van der Waals surface area contributed by atoms with Crippen molar-refractivity contribution in [2.75, 3.05) is 0 Å². The zero-order valence-electron chi connectivity index (χ0n) is 8.49. The molecule has 0 radical (unpaired) electrons. The smallest absolute Gasteiger partial charge is 0.328 e. The Morgan fingerprint density at radius 3 is 2.50 bits per heavy atom. The van der Waals surface area contributed by atoms with Crippen LogP contribution in [0.5, 0.6) is 0 Å². The van der Waals surface area contributed by atoms with E-state index in [1.807, 2.05) is 13.0 Å². The van der Waals surface area contributed by atoms with Gasteiger partial charge in [-0.05, 0) is 26.2 Å². The minimum atomic E-state index is -0.447. The average Bonchev–Trinajstić information content (AvgIpc) is 2.16. The minimum absolute atomic E-state index is 0.344. The molecular formula is C11H16O3. The summed E-state index contributed by atoms with van der Waals surface area (Å²) in [5, 5.41) is 0. The number of unbranched alkanes of at least 4 members (excludes halogenated alkanes) is 3. The topological polar surface area (TPSA) is 43.4 Å². The van der Waals surface area contributed by atoms with Crippen LogP contribution in [-0.2, 0) is 14.3 Å². The molecule has 0 amide bonds. The lowest BCUT2D eigenvalue weighted by Crippen LogP contribution is -2.40. The summed E-state index contributed by atoms with van der Waals surface area (Å²) in [6.07, 6.45) is 9.04. The molecule has 3 nitrogen and oxygen atoms in total. The predicted octanol–water partition coefficient (Wildman–Crippen LogP) is 2.21. The lowest BCUT2D eigenvalue weighted by atomic mass is 9.98. The normalized spacial score (nSPS) is 17.2. The van der Waals surface area contributed by atoms with E-state index in [0.29, 0.717) is 6.42 Å². The average molecular weight is 196 g/mol. The monoisotopic (exact) mass is 196 g/mol. The van der Waals surface area contributed by atoms with Crippen molar-refractivity contribution in [3.8, 4) is 0 Å². The van der Waals surface area contributed by atoms with Crippen LogP contribution in [0.2, 0.25) is 0 Å². The van der Waals surface area contributed by atoms with Crippen molar-refractivity contribution in [2.24, 2.45) is 5.92 Å². The molecule has 0 spiro atoms. The molecule has 0 unspecified atom stereocenters. The molecule has 0 aromatic heterocycles. The maximum absolute atomic E-state index is 10.8. The molecule has 3 heteroatoms. The van der Waals surface area contributed by atoms with E-state index in [4.69, 9.17) is 0 Å². The molecule has 1 fully saturated rings. The molecule has 0 saturated carbocycles. The third-order valence-corrected chi connectivity index (χ3v) is 2.37. The highest BCUT2D eigenvalue weighted by Crippen LogP contribution is 2.21. The lowest BCUT2D eigenvalue weighted by molar-refractivity contribution is -0.184. The summed E-state index contributed by atoms with van der Waals surface area (Å²) in [5.74, 6) is -1.14. The molecule has 0 atom stereocenters. The van der Waals surface area contributed by atoms with Crippen molar-refractivity contribution in [2.45, 2.75) is 39.0 Å². The van der Waals surface area contributed by atoms with Crippen LogP contribution in [0.25, 0.3) is 0 Å². The van der Waals surface area contributed by atoms with Gasteiger partial charge >= 0.3 is 11.9 Å². The van der Waals surface area contributed by atoms with Gasteiger partial charge in [-0.25, -0.2) is 0 Å². The first-order chi connectivity index (χ1) is 6.75. The van der Waals surface area contributed by atoms with Crippen LogP contribution in [0.15, 0.2) is 12.2 Å². The first kappa shape index (κ1) is 11.0. The number of rotatable bonds is 6. The quantitative estimate of drug-likeness (QED) is 0.283. The van der Waals surface area contributed by atoms with Gasteiger partial charge in [0.25, 0.3) is 0 Å². The molecular weight excluding hydrogens is 180 g/mol. The highest BCUT2D eigenvalue weighted by atomic mass is 16.6. The van der Waals surface area contributed by atoms with E-state index in [1.165, 1.54) is 0 Å². The largest absolute Gasteiger partial charge is 0.392 e. The number of allylic oxidation sites excluding steroid dienone is 2. The van der Waals surface area contributed by atoms with Crippen LogP contribution < -0.4 is 0 Å². The summed E-state index contributed by atoms with van der Waals surface area (Å²) >= 11 is 0. The summed E-state index contributed by atoms with van der Waals surface area (Å²) in [6, 6.07) is 0. The van der Waals surface area contributed by atoms with Gasteiger partial charge in [0.05, 0.1) is 0 Å². The van der Waals surface area contributed by atoms with Crippen LogP contribution in [0.4, 0.5) is 0 Å². The predicted molar refractivity (Wildman–Crippen MR) is 52.5 cm³/mol. The molecule has 0 bridgehead atoms. The zero-order valence-corrected chi connectivity index (χ0v) is 8.49. The Bertz CT molecular complexity index is 229. The minimum Gasteiger partial charge on any atom is -0.392 e. The van der Waals surface area contributed by atoms with Gasteiger partial charge in [0, 0.05) is 0 Å². The van der Waals surface area contributed by atoms with Gasteiger partial charge in [-0.15, -0.1) is 0 Å².